The molecule has 1 aromatic carbocycles. The number of rotatable bonds is 6. The molecule has 0 atom stereocenters. The Labute approximate surface area is 136 Å². The molecule has 1 N–H and O–H groups in total. The van der Waals surface area contributed by atoms with E-state index in [-0.39, 0.29) is 23.2 Å². The van der Waals surface area contributed by atoms with Crippen molar-refractivity contribution in [2.45, 2.75) is 61.7 Å². The second-order valence-corrected chi connectivity index (χ2v) is 9.35. The molecule has 0 amide bonds. The number of carboxylic acids is 1. The Bertz CT molecular complexity index is 753. The SMILES string of the molecule is O=C(O)c1ccc(C2CCC2)c(S(=O)(=O)CC2CC2)c1C1CC1. The summed E-state index contributed by atoms with van der Waals surface area (Å²) in [5.74, 6) is -0.135. The molecule has 4 rings (SSSR count). The van der Waals surface area contributed by atoms with E-state index in [9.17, 15) is 18.3 Å². The van der Waals surface area contributed by atoms with Crippen molar-refractivity contribution in [2.75, 3.05) is 5.75 Å². The lowest BCUT2D eigenvalue weighted by atomic mass is 9.79. The van der Waals surface area contributed by atoms with Crippen LogP contribution in [0.25, 0.3) is 0 Å². The van der Waals surface area contributed by atoms with Crippen LogP contribution in [-0.4, -0.2) is 25.2 Å². The van der Waals surface area contributed by atoms with E-state index in [1.54, 1.807) is 12.1 Å². The third-order valence-corrected chi connectivity index (χ3v) is 7.44. The zero-order valence-corrected chi connectivity index (χ0v) is 13.9. The van der Waals surface area contributed by atoms with E-state index in [1.165, 1.54) is 0 Å². The molecule has 0 aromatic heterocycles. The van der Waals surface area contributed by atoms with Crippen LogP contribution in [0, 0.1) is 5.92 Å². The molecule has 4 nitrogen and oxygen atoms in total. The van der Waals surface area contributed by atoms with Crippen LogP contribution in [0.5, 0.6) is 0 Å². The number of hydrogen-bond acceptors (Lipinski definition) is 3. The molecule has 0 heterocycles. The van der Waals surface area contributed by atoms with Gasteiger partial charge in [-0.1, -0.05) is 12.5 Å². The second-order valence-electron chi connectivity index (χ2n) is 7.38. The molecular formula is C18H22O4S. The summed E-state index contributed by atoms with van der Waals surface area (Å²) in [5.41, 5.74) is 1.70. The largest absolute Gasteiger partial charge is 0.478 e. The van der Waals surface area contributed by atoms with Gasteiger partial charge in [0.05, 0.1) is 16.2 Å². The number of aromatic carboxylic acids is 1. The van der Waals surface area contributed by atoms with Crippen LogP contribution in [0.2, 0.25) is 0 Å². The molecule has 3 aliphatic carbocycles. The maximum atomic E-state index is 13.1. The third-order valence-electron chi connectivity index (χ3n) is 5.45. The maximum absolute atomic E-state index is 13.1. The van der Waals surface area contributed by atoms with Crippen LogP contribution in [-0.2, 0) is 9.84 Å². The molecule has 0 spiro atoms. The molecule has 124 valence electrons. The average Bonchev–Trinajstić information content (AvgIpc) is 3.30. The van der Waals surface area contributed by atoms with Gasteiger partial charge in [-0.15, -0.1) is 0 Å². The van der Waals surface area contributed by atoms with Gasteiger partial charge in [0.25, 0.3) is 0 Å². The molecule has 3 aliphatic rings. The monoisotopic (exact) mass is 334 g/mol. The molecule has 5 heteroatoms. The lowest BCUT2D eigenvalue weighted by Gasteiger charge is -2.29. The van der Waals surface area contributed by atoms with Gasteiger partial charge in [-0.3, -0.25) is 0 Å². The van der Waals surface area contributed by atoms with E-state index in [4.69, 9.17) is 0 Å². The van der Waals surface area contributed by atoms with Crippen LogP contribution in [0.3, 0.4) is 0 Å². The zero-order chi connectivity index (χ0) is 16.2. The van der Waals surface area contributed by atoms with E-state index in [0.717, 1.165) is 50.5 Å². The Hall–Kier alpha value is -1.36. The normalized spacial score (nSPS) is 21.9. The summed E-state index contributed by atoms with van der Waals surface area (Å²) < 4.78 is 26.2. The van der Waals surface area contributed by atoms with Crippen LogP contribution in [0.15, 0.2) is 17.0 Å². The topological polar surface area (TPSA) is 71.4 Å². The van der Waals surface area contributed by atoms with Gasteiger partial charge in [0, 0.05) is 0 Å². The fourth-order valence-corrected chi connectivity index (χ4v) is 5.97. The van der Waals surface area contributed by atoms with Crippen LogP contribution in [0.4, 0.5) is 0 Å². The molecule has 23 heavy (non-hydrogen) atoms. The Morgan fingerprint density at radius 1 is 1.04 bits per heavy atom. The number of sulfone groups is 1. The van der Waals surface area contributed by atoms with Crippen molar-refractivity contribution in [2.24, 2.45) is 5.92 Å². The molecule has 0 radical (unpaired) electrons. The Balaban J connectivity index is 1.90. The van der Waals surface area contributed by atoms with Crippen LogP contribution >= 0.6 is 0 Å². The highest BCUT2D eigenvalue weighted by atomic mass is 32.2. The van der Waals surface area contributed by atoms with E-state index in [0.29, 0.717) is 16.4 Å². The van der Waals surface area contributed by atoms with Gasteiger partial charge in [-0.2, -0.15) is 0 Å². The van der Waals surface area contributed by atoms with Crippen molar-refractivity contribution >= 4 is 15.8 Å². The predicted molar refractivity (Wildman–Crippen MR) is 86.7 cm³/mol. The number of hydrogen-bond donors (Lipinski definition) is 1. The smallest absolute Gasteiger partial charge is 0.336 e. The highest BCUT2D eigenvalue weighted by molar-refractivity contribution is 7.91. The van der Waals surface area contributed by atoms with Gasteiger partial charge in [0.15, 0.2) is 9.84 Å². The van der Waals surface area contributed by atoms with Crippen molar-refractivity contribution in [1.82, 2.24) is 0 Å². The Kier molecular flexibility index (Phi) is 3.52. The highest BCUT2D eigenvalue weighted by Crippen LogP contribution is 2.49. The number of benzene rings is 1. The van der Waals surface area contributed by atoms with Gasteiger partial charge >= 0.3 is 5.97 Å². The average molecular weight is 334 g/mol. The summed E-state index contributed by atoms with van der Waals surface area (Å²) in [5, 5.41) is 9.53. The summed E-state index contributed by atoms with van der Waals surface area (Å²) in [6, 6.07) is 3.42. The minimum atomic E-state index is -3.40. The van der Waals surface area contributed by atoms with Gasteiger partial charge in [-0.05, 0) is 73.5 Å². The summed E-state index contributed by atoms with van der Waals surface area (Å²) in [6.45, 7) is 0. The first-order valence-electron chi connectivity index (χ1n) is 8.60. The first-order valence-corrected chi connectivity index (χ1v) is 10.3. The van der Waals surface area contributed by atoms with E-state index in [2.05, 4.69) is 0 Å². The third kappa shape index (κ3) is 2.80. The molecule has 0 unspecified atom stereocenters. The summed E-state index contributed by atoms with van der Waals surface area (Å²) in [7, 11) is -3.40. The fourth-order valence-electron chi connectivity index (χ4n) is 3.65. The molecule has 3 saturated carbocycles. The van der Waals surface area contributed by atoms with Crippen molar-refractivity contribution in [3.05, 3.63) is 28.8 Å². The molecule has 0 saturated heterocycles. The van der Waals surface area contributed by atoms with Crippen molar-refractivity contribution in [3.63, 3.8) is 0 Å². The molecule has 0 aliphatic heterocycles. The summed E-state index contributed by atoms with van der Waals surface area (Å²) in [4.78, 5) is 12.0. The van der Waals surface area contributed by atoms with E-state index >= 15 is 0 Å². The predicted octanol–water partition coefficient (Wildman–Crippen LogP) is 3.71. The number of carbonyl (C=O) groups is 1. The van der Waals surface area contributed by atoms with Crippen molar-refractivity contribution < 1.29 is 18.3 Å². The van der Waals surface area contributed by atoms with Crippen LogP contribution < -0.4 is 0 Å². The van der Waals surface area contributed by atoms with Gasteiger partial charge in [0.1, 0.15) is 0 Å². The maximum Gasteiger partial charge on any atom is 0.336 e. The van der Waals surface area contributed by atoms with E-state index < -0.39 is 15.8 Å². The second kappa shape index (κ2) is 5.33. The minimum Gasteiger partial charge on any atom is -0.478 e. The minimum absolute atomic E-state index is 0.116. The fraction of sp³-hybridized carbons (Fsp3) is 0.611. The molecule has 1 aromatic rings. The number of carboxylic acid groups (broad SMARTS) is 1. The van der Waals surface area contributed by atoms with Gasteiger partial charge < -0.3 is 5.11 Å². The van der Waals surface area contributed by atoms with Crippen LogP contribution in [0.1, 0.15) is 78.3 Å². The van der Waals surface area contributed by atoms with Crippen molar-refractivity contribution in [3.8, 4) is 0 Å². The molecular weight excluding hydrogens is 312 g/mol. The quantitative estimate of drug-likeness (QED) is 0.861. The zero-order valence-electron chi connectivity index (χ0n) is 13.1. The van der Waals surface area contributed by atoms with Gasteiger partial charge in [0.2, 0.25) is 0 Å². The first-order chi connectivity index (χ1) is 11.0. The first kappa shape index (κ1) is 15.2. The lowest BCUT2D eigenvalue weighted by molar-refractivity contribution is 0.0695. The summed E-state index contributed by atoms with van der Waals surface area (Å²) >= 11 is 0. The Morgan fingerprint density at radius 2 is 1.74 bits per heavy atom. The van der Waals surface area contributed by atoms with Gasteiger partial charge in [-0.25, -0.2) is 13.2 Å². The molecule has 3 fully saturated rings. The lowest BCUT2D eigenvalue weighted by Crippen LogP contribution is -2.20. The standard InChI is InChI=1S/C18H22O4S/c19-18(20)15-9-8-14(12-2-1-3-12)17(16(15)13-6-7-13)23(21,22)10-11-4-5-11/h8-9,11-13H,1-7,10H2,(H,19,20). The van der Waals surface area contributed by atoms with E-state index in [1.807, 2.05) is 0 Å². The summed E-state index contributed by atoms with van der Waals surface area (Å²) in [6.07, 6.45) is 6.93. The molecule has 0 bridgehead atoms. The van der Waals surface area contributed by atoms with Crippen molar-refractivity contribution in [1.29, 1.82) is 0 Å². The highest BCUT2D eigenvalue weighted by Gasteiger charge is 2.40. The Morgan fingerprint density at radius 3 is 2.22 bits per heavy atom.